The summed E-state index contributed by atoms with van der Waals surface area (Å²) in [6.45, 7) is 5.36. The maximum atomic E-state index is 12.8. The zero-order valence-electron chi connectivity index (χ0n) is 12.2. The van der Waals surface area contributed by atoms with Crippen LogP contribution in [0.15, 0.2) is 18.3 Å². The minimum Gasteiger partial charge on any atom is -0.377 e. The summed E-state index contributed by atoms with van der Waals surface area (Å²) in [6.07, 6.45) is 2.27. The minimum atomic E-state index is -0.428. The molecule has 1 saturated heterocycles. The lowest BCUT2D eigenvalue weighted by atomic mass is 10.0. The second-order valence-electron chi connectivity index (χ2n) is 5.50. The lowest BCUT2D eigenvalue weighted by Gasteiger charge is -2.28. The summed E-state index contributed by atoms with van der Waals surface area (Å²) in [4.78, 5) is 18.3. The summed E-state index contributed by atoms with van der Waals surface area (Å²) < 4.78 is 18.4. The fourth-order valence-electron chi connectivity index (χ4n) is 2.72. The van der Waals surface area contributed by atoms with Gasteiger partial charge in [-0.25, -0.2) is 4.39 Å². The van der Waals surface area contributed by atoms with Crippen molar-refractivity contribution in [3.63, 3.8) is 0 Å². The Morgan fingerprint density at radius 2 is 2.35 bits per heavy atom. The molecule has 2 rings (SSSR count). The number of aromatic nitrogens is 1. The topological polar surface area (TPSA) is 42.4 Å². The minimum absolute atomic E-state index is 0.0524. The first-order chi connectivity index (χ1) is 9.49. The van der Waals surface area contributed by atoms with E-state index in [1.165, 1.54) is 12.1 Å². The molecule has 0 bridgehead atoms. The zero-order chi connectivity index (χ0) is 14.7. The van der Waals surface area contributed by atoms with Crippen molar-refractivity contribution in [1.29, 1.82) is 0 Å². The van der Waals surface area contributed by atoms with Gasteiger partial charge in [0.05, 0.1) is 12.3 Å². The lowest BCUT2D eigenvalue weighted by molar-refractivity contribution is 0.0720. The van der Waals surface area contributed by atoms with Crippen LogP contribution in [0.3, 0.4) is 0 Å². The van der Waals surface area contributed by atoms with Crippen LogP contribution in [0.5, 0.6) is 0 Å². The van der Waals surface area contributed by atoms with Crippen LogP contribution < -0.4 is 0 Å². The number of nitrogens with zero attached hydrogens (tertiary/aromatic N) is 2. The number of halogens is 1. The molecule has 0 radical (unpaired) electrons. The molecule has 0 spiro atoms. The van der Waals surface area contributed by atoms with Gasteiger partial charge in [-0.05, 0) is 32.5 Å². The molecule has 0 saturated carbocycles. The molecule has 3 atom stereocenters. The highest BCUT2D eigenvalue weighted by Gasteiger charge is 2.29. The number of rotatable bonds is 5. The van der Waals surface area contributed by atoms with E-state index in [0.29, 0.717) is 18.3 Å². The Balaban J connectivity index is 1.95. The first-order valence-electron chi connectivity index (χ1n) is 6.96. The Morgan fingerprint density at radius 1 is 1.60 bits per heavy atom. The third-order valence-electron chi connectivity index (χ3n) is 3.89. The SMILES string of the molecule is CC(CN(C)C1CCOC1C)C(=O)c1ccc(F)cn1. The average Bonchev–Trinajstić information content (AvgIpc) is 2.85. The molecule has 0 amide bonds. The molecule has 20 heavy (non-hydrogen) atoms. The average molecular weight is 280 g/mol. The molecule has 5 heteroatoms. The molecule has 1 aliphatic rings. The largest absolute Gasteiger partial charge is 0.377 e. The van der Waals surface area contributed by atoms with Crippen molar-refractivity contribution in [2.45, 2.75) is 32.4 Å². The molecular weight excluding hydrogens is 259 g/mol. The van der Waals surface area contributed by atoms with E-state index in [1.807, 2.05) is 14.0 Å². The maximum Gasteiger partial charge on any atom is 0.185 e. The molecule has 4 nitrogen and oxygen atoms in total. The molecule has 2 heterocycles. The molecule has 1 aromatic rings. The third kappa shape index (κ3) is 3.41. The van der Waals surface area contributed by atoms with Gasteiger partial charge in [0.1, 0.15) is 11.5 Å². The van der Waals surface area contributed by atoms with Gasteiger partial charge in [-0.15, -0.1) is 0 Å². The number of carbonyl (C=O) groups excluding carboxylic acids is 1. The van der Waals surface area contributed by atoms with Crippen LogP contribution in [0.25, 0.3) is 0 Å². The molecule has 0 aromatic carbocycles. The summed E-state index contributed by atoms with van der Waals surface area (Å²) >= 11 is 0. The Labute approximate surface area is 118 Å². The third-order valence-corrected chi connectivity index (χ3v) is 3.89. The van der Waals surface area contributed by atoms with Crippen LogP contribution in [0.4, 0.5) is 4.39 Å². The second-order valence-corrected chi connectivity index (χ2v) is 5.50. The van der Waals surface area contributed by atoms with Gasteiger partial charge in [-0.3, -0.25) is 9.78 Å². The van der Waals surface area contributed by atoms with Crippen LogP contribution in [-0.4, -0.2) is 48.0 Å². The standard InChI is InChI=1S/C15H21FN2O2/c1-10(9-18(3)14-6-7-20-11(14)2)15(19)13-5-4-12(16)8-17-13/h4-5,8,10-11,14H,6-7,9H2,1-3H3. The van der Waals surface area contributed by atoms with E-state index in [9.17, 15) is 9.18 Å². The fourth-order valence-corrected chi connectivity index (χ4v) is 2.72. The van der Waals surface area contributed by atoms with Crippen molar-refractivity contribution in [2.75, 3.05) is 20.2 Å². The molecule has 0 aliphatic carbocycles. The monoisotopic (exact) mass is 280 g/mol. The Kier molecular flexibility index (Phi) is 4.83. The van der Waals surface area contributed by atoms with Gasteiger partial charge < -0.3 is 9.64 Å². The van der Waals surface area contributed by atoms with E-state index >= 15 is 0 Å². The molecular formula is C15H21FN2O2. The summed E-state index contributed by atoms with van der Waals surface area (Å²) in [7, 11) is 2.01. The smallest absolute Gasteiger partial charge is 0.185 e. The van der Waals surface area contributed by atoms with Crippen LogP contribution in [-0.2, 0) is 4.74 Å². The lowest BCUT2D eigenvalue weighted by Crippen LogP contribution is -2.40. The molecule has 1 aromatic heterocycles. The van der Waals surface area contributed by atoms with Gasteiger partial charge in [0, 0.05) is 25.1 Å². The van der Waals surface area contributed by atoms with Crippen molar-refractivity contribution >= 4 is 5.78 Å². The summed E-state index contributed by atoms with van der Waals surface area (Å²) in [5.41, 5.74) is 0.322. The van der Waals surface area contributed by atoms with Crippen molar-refractivity contribution < 1.29 is 13.9 Å². The zero-order valence-corrected chi connectivity index (χ0v) is 12.2. The van der Waals surface area contributed by atoms with Crippen LogP contribution >= 0.6 is 0 Å². The maximum absolute atomic E-state index is 12.8. The number of hydrogen-bond donors (Lipinski definition) is 0. The second kappa shape index (κ2) is 6.41. The van der Waals surface area contributed by atoms with Gasteiger partial charge >= 0.3 is 0 Å². The van der Waals surface area contributed by atoms with Crippen molar-refractivity contribution in [3.05, 3.63) is 29.8 Å². The van der Waals surface area contributed by atoms with Crippen LogP contribution in [0.1, 0.15) is 30.8 Å². The van der Waals surface area contributed by atoms with Gasteiger partial charge in [-0.1, -0.05) is 6.92 Å². The summed E-state index contributed by atoms with van der Waals surface area (Å²) in [5.74, 6) is -0.655. The number of Topliss-reactive ketones (excluding diaryl/α,β-unsaturated/α-hetero) is 1. The van der Waals surface area contributed by atoms with Crippen molar-refractivity contribution in [2.24, 2.45) is 5.92 Å². The van der Waals surface area contributed by atoms with Crippen molar-refractivity contribution in [1.82, 2.24) is 9.88 Å². The highest BCUT2D eigenvalue weighted by molar-refractivity contribution is 5.95. The number of likely N-dealkylation sites (N-methyl/N-ethyl adjacent to an activating group) is 1. The number of pyridine rings is 1. The fraction of sp³-hybridized carbons (Fsp3) is 0.600. The number of ketones is 1. The van der Waals surface area contributed by atoms with E-state index in [1.54, 1.807) is 0 Å². The quantitative estimate of drug-likeness (QED) is 0.775. The van der Waals surface area contributed by atoms with E-state index in [2.05, 4.69) is 16.8 Å². The van der Waals surface area contributed by atoms with E-state index in [-0.39, 0.29) is 17.8 Å². The van der Waals surface area contributed by atoms with Crippen molar-refractivity contribution in [3.8, 4) is 0 Å². The molecule has 1 aliphatic heterocycles. The van der Waals surface area contributed by atoms with Crippen LogP contribution in [0, 0.1) is 11.7 Å². The highest BCUT2D eigenvalue weighted by Crippen LogP contribution is 2.20. The molecule has 3 unspecified atom stereocenters. The summed E-state index contributed by atoms with van der Waals surface area (Å²) in [6, 6.07) is 3.06. The normalized spacial score (nSPS) is 24.1. The Hall–Kier alpha value is -1.33. The van der Waals surface area contributed by atoms with E-state index < -0.39 is 5.82 Å². The van der Waals surface area contributed by atoms with Gasteiger partial charge in [-0.2, -0.15) is 0 Å². The number of carbonyl (C=O) groups is 1. The predicted molar refractivity (Wildman–Crippen MR) is 74.1 cm³/mol. The number of ether oxygens (including phenoxy) is 1. The van der Waals surface area contributed by atoms with Gasteiger partial charge in [0.15, 0.2) is 5.78 Å². The highest BCUT2D eigenvalue weighted by atomic mass is 19.1. The molecule has 110 valence electrons. The molecule has 0 N–H and O–H groups in total. The number of hydrogen-bond acceptors (Lipinski definition) is 4. The van der Waals surface area contributed by atoms with Gasteiger partial charge in [0.2, 0.25) is 0 Å². The predicted octanol–water partition coefficient (Wildman–Crippen LogP) is 2.15. The van der Waals surface area contributed by atoms with Crippen LogP contribution in [0.2, 0.25) is 0 Å². The first kappa shape index (κ1) is 15.1. The summed E-state index contributed by atoms with van der Waals surface area (Å²) in [5, 5.41) is 0. The van der Waals surface area contributed by atoms with E-state index in [0.717, 1.165) is 19.2 Å². The molecule has 1 fully saturated rings. The van der Waals surface area contributed by atoms with E-state index in [4.69, 9.17) is 4.74 Å². The first-order valence-corrected chi connectivity index (χ1v) is 6.96. The van der Waals surface area contributed by atoms with Gasteiger partial charge in [0.25, 0.3) is 0 Å². The Bertz CT molecular complexity index is 463. The Morgan fingerprint density at radius 3 is 2.90 bits per heavy atom.